The van der Waals surface area contributed by atoms with Crippen LogP contribution in [0.1, 0.15) is 36.6 Å². The van der Waals surface area contributed by atoms with Gasteiger partial charge in [-0.2, -0.15) is 0 Å². The number of nitrogens with zero attached hydrogens (tertiary/aromatic N) is 1. The van der Waals surface area contributed by atoms with Crippen LogP contribution in [0.5, 0.6) is 28.7 Å². The Hall–Kier alpha value is -3.87. The van der Waals surface area contributed by atoms with Crippen LogP contribution in [0.2, 0.25) is 0 Å². The van der Waals surface area contributed by atoms with E-state index in [0.717, 1.165) is 22.4 Å². The maximum absolute atomic E-state index is 13.7. The third-order valence-corrected chi connectivity index (χ3v) is 6.05. The molecule has 7 heteroatoms. The van der Waals surface area contributed by atoms with Crippen molar-refractivity contribution < 1.29 is 28.5 Å². The lowest BCUT2D eigenvalue weighted by Gasteiger charge is -2.38. The summed E-state index contributed by atoms with van der Waals surface area (Å²) in [5.41, 5.74) is 3.56. The molecule has 0 aliphatic carbocycles. The summed E-state index contributed by atoms with van der Waals surface area (Å²) in [5.74, 6) is 3.18. The van der Waals surface area contributed by atoms with Crippen molar-refractivity contribution in [1.29, 1.82) is 0 Å². The molecule has 184 valence electrons. The van der Waals surface area contributed by atoms with Crippen molar-refractivity contribution in [2.45, 2.75) is 26.3 Å². The van der Waals surface area contributed by atoms with Crippen molar-refractivity contribution in [2.24, 2.45) is 0 Å². The van der Waals surface area contributed by atoms with Gasteiger partial charge in [-0.25, -0.2) is 0 Å². The number of carbonyl (C=O) groups excluding carboxylic acids is 1. The summed E-state index contributed by atoms with van der Waals surface area (Å²) in [7, 11) is 4.80. The molecule has 1 heterocycles. The molecule has 1 atom stereocenters. The van der Waals surface area contributed by atoms with Crippen LogP contribution in [0.4, 0.5) is 5.69 Å². The molecule has 1 aliphatic heterocycles. The second-order valence-corrected chi connectivity index (χ2v) is 8.02. The van der Waals surface area contributed by atoms with Crippen molar-refractivity contribution in [3.05, 3.63) is 71.3 Å². The minimum Gasteiger partial charge on any atom is -0.497 e. The molecule has 35 heavy (non-hydrogen) atoms. The molecule has 0 saturated carbocycles. The number of carbonyl (C=O) groups is 1. The van der Waals surface area contributed by atoms with E-state index in [1.54, 1.807) is 21.3 Å². The Kier molecular flexibility index (Phi) is 7.34. The SMILES string of the molecule is CCOc1cc2c(cc1OCC)[C@H](c1ccc(OC)cc1)N(c1ccc(OC)c(OC)c1)C(=O)C2. The standard InChI is InChI=1S/C28H31NO6/c1-6-34-25-14-19-15-27(30)29(20-10-13-23(32-4)24(16-20)33-5)28(22(19)17-26(25)35-7-2)18-8-11-21(31-3)12-9-18/h8-14,16-17,28H,6-7,15H2,1-5H3/t28-/m0/s1. The summed E-state index contributed by atoms with van der Waals surface area (Å²) in [6, 6.07) is 16.8. The van der Waals surface area contributed by atoms with Crippen LogP contribution in [-0.4, -0.2) is 40.5 Å². The summed E-state index contributed by atoms with van der Waals surface area (Å²) in [6.07, 6.45) is 0.239. The first-order valence-electron chi connectivity index (χ1n) is 11.6. The van der Waals surface area contributed by atoms with Crippen molar-refractivity contribution in [1.82, 2.24) is 0 Å². The van der Waals surface area contributed by atoms with Gasteiger partial charge >= 0.3 is 0 Å². The van der Waals surface area contributed by atoms with Gasteiger partial charge in [-0.15, -0.1) is 0 Å². The highest BCUT2D eigenvalue weighted by Gasteiger charge is 2.36. The van der Waals surface area contributed by atoms with Gasteiger partial charge in [0.1, 0.15) is 5.75 Å². The number of rotatable bonds is 9. The monoisotopic (exact) mass is 477 g/mol. The normalized spacial score (nSPS) is 14.8. The Morgan fingerprint density at radius 2 is 1.43 bits per heavy atom. The number of ether oxygens (including phenoxy) is 5. The van der Waals surface area contributed by atoms with Gasteiger partial charge in [0.15, 0.2) is 23.0 Å². The average molecular weight is 478 g/mol. The van der Waals surface area contributed by atoms with Crippen LogP contribution >= 0.6 is 0 Å². The van der Waals surface area contributed by atoms with E-state index in [4.69, 9.17) is 23.7 Å². The van der Waals surface area contributed by atoms with Gasteiger partial charge in [0, 0.05) is 11.8 Å². The molecule has 0 aromatic heterocycles. The molecule has 1 amide bonds. The van der Waals surface area contributed by atoms with Gasteiger partial charge < -0.3 is 28.6 Å². The van der Waals surface area contributed by atoms with Gasteiger partial charge in [-0.1, -0.05) is 12.1 Å². The van der Waals surface area contributed by atoms with E-state index in [1.165, 1.54) is 0 Å². The fourth-order valence-electron chi connectivity index (χ4n) is 4.48. The van der Waals surface area contributed by atoms with Gasteiger partial charge in [0.05, 0.1) is 47.0 Å². The second-order valence-electron chi connectivity index (χ2n) is 8.02. The van der Waals surface area contributed by atoms with Crippen LogP contribution in [-0.2, 0) is 11.2 Å². The van der Waals surface area contributed by atoms with Crippen LogP contribution in [0.3, 0.4) is 0 Å². The zero-order chi connectivity index (χ0) is 24.9. The number of hydrogen-bond donors (Lipinski definition) is 0. The van der Waals surface area contributed by atoms with E-state index in [9.17, 15) is 4.79 Å². The molecule has 7 nitrogen and oxygen atoms in total. The molecular formula is C28H31NO6. The van der Waals surface area contributed by atoms with Crippen LogP contribution in [0.25, 0.3) is 0 Å². The molecule has 0 N–H and O–H groups in total. The third kappa shape index (κ3) is 4.71. The Morgan fingerprint density at radius 1 is 0.771 bits per heavy atom. The molecule has 0 bridgehead atoms. The van der Waals surface area contributed by atoms with E-state index in [-0.39, 0.29) is 18.4 Å². The molecule has 0 fully saturated rings. The summed E-state index contributed by atoms with van der Waals surface area (Å²) in [5, 5.41) is 0. The van der Waals surface area contributed by atoms with Gasteiger partial charge in [0.2, 0.25) is 5.91 Å². The number of benzene rings is 3. The van der Waals surface area contributed by atoms with Gasteiger partial charge in [-0.05, 0) is 66.9 Å². The van der Waals surface area contributed by atoms with Crippen molar-refractivity contribution in [3.8, 4) is 28.7 Å². The van der Waals surface area contributed by atoms with Crippen molar-refractivity contribution >= 4 is 11.6 Å². The number of anilines is 1. The van der Waals surface area contributed by atoms with E-state index in [0.29, 0.717) is 41.9 Å². The fourth-order valence-corrected chi connectivity index (χ4v) is 4.48. The first-order chi connectivity index (χ1) is 17.0. The quantitative estimate of drug-likeness (QED) is 0.423. The molecule has 1 aliphatic rings. The highest BCUT2D eigenvalue weighted by Crippen LogP contribution is 2.45. The van der Waals surface area contributed by atoms with Crippen molar-refractivity contribution in [3.63, 3.8) is 0 Å². The lowest BCUT2D eigenvalue weighted by atomic mass is 9.86. The highest BCUT2D eigenvalue weighted by molar-refractivity contribution is 5.98. The molecule has 4 rings (SSSR count). The molecule has 0 radical (unpaired) electrons. The predicted molar refractivity (Wildman–Crippen MR) is 134 cm³/mol. The van der Waals surface area contributed by atoms with Crippen molar-refractivity contribution in [2.75, 3.05) is 39.4 Å². The molecule has 3 aromatic rings. The first kappa shape index (κ1) is 24.3. The molecule has 3 aromatic carbocycles. The maximum Gasteiger partial charge on any atom is 0.232 e. The maximum atomic E-state index is 13.7. The Morgan fingerprint density at radius 3 is 2.03 bits per heavy atom. The first-order valence-corrected chi connectivity index (χ1v) is 11.6. The number of amides is 1. The Labute approximate surface area is 206 Å². The minimum atomic E-state index is -0.384. The minimum absolute atomic E-state index is 0.0304. The van der Waals surface area contributed by atoms with E-state index in [2.05, 4.69) is 0 Å². The van der Waals surface area contributed by atoms with E-state index >= 15 is 0 Å². The Balaban J connectivity index is 1.92. The zero-order valence-corrected chi connectivity index (χ0v) is 20.8. The molecule has 0 saturated heterocycles. The largest absolute Gasteiger partial charge is 0.497 e. The Bertz CT molecular complexity index is 1190. The third-order valence-electron chi connectivity index (χ3n) is 6.05. The van der Waals surface area contributed by atoms with Gasteiger partial charge in [0.25, 0.3) is 0 Å². The summed E-state index contributed by atoms with van der Waals surface area (Å²) in [6.45, 7) is 4.88. The van der Waals surface area contributed by atoms with Gasteiger partial charge in [-0.3, -0.25) is 4.79 Å². The van der Waals surface area contributed by atoms with Crippen LogP contribution in [0.15, 0.2) is 54.6 Å². The lowest BCUT2D eigenvalue weighted by molar-refractivity contribution is -0.118. The second kappa shape index (κ2) is 10.6. The van der Waals surface area contributed by atoms with Crippen LogP contribution < -0.4 is 28.6 Å². The molecular weight excluding hydrogens is 446 g/mol. The average Bonchev–Trinajstić information content (AvgIpc) is 2.88. The smallest absolute Gasteiger partial charge is 0.232 e. The zero-order valence-electron chi connectivity index (χ0n) is 20.8. The number of methoxy groups -OCH3 is 3. The predicted octanol–water partition coefficient (Wildman–Crippen LogP) is 5.19. The number of fused-ring (bicyclic) bond motifs is 1. The summed E-state index contributed by atoms with van der Waals surface area (Å²) < 4.78 is 28.0. The molecule has 0 spiro atoms. The summed E-state index contributed by atoms with van der Waals surface area (Å²) in [4.78, 5) is 15.5. The topological polar surface area (TPSA) is 66.5 Å². The summed E-state index contributed by atoms with van der Waals surface area (Å²) >= 11 is 0. The lowest BCUT2D eigenvalue weighted by Crippen LogP contribution is -2.41. The van der Waals surface area contributed by atoms with Crippen LogP contribution in [0, 0.1) is 0 Å². The molecule has 0 unspecified atom stereocenters. The van der Waals surface area contributed by atoms with E-state index < -0.39 is 0 Å². The highest BCUT2D eigenvalue weighted by atomic mass is 16.5. The van der Waals surface area contributed by atoms with E-state index in [1.807, 2.05) is 73.3 Å². The number of hydrogen-bond acceptors (Lipinski definition) is 6. The fraction of sp³-hybridized carbons (Fsp3) is 0.321.